The van der Waals surface area contributed by atoms with Gasteiger partial charge in [0.2, 0.25) is 0 Å². The molecule has 1 aromatic carbocycles. The van der Waals surface area contributed by atoms with Gasteiger partial charge in [-0.1, -0.05) is 6.07 Å². The van der Waals surface area contributed by atoms with Crippen LogP contribution in [-0.4, -0.2) is 25.5 Å². The molecule has 0 bridgehead atoms. The molecule has 1 aliphatic rings. The second-order valence-electron chi connectivity index (χ2n) is 4.50. The first-order valence-electron chi connectivity index (χ1n) is 6.11. The van der Waals surface area contributed by atoms with Crippen molar-refractivity contribution in [2.24, 2.45) is 5.92 Å². The van der Waals surface area contributed by atoms with Gasteiger partial charge in [-0.15, -0.1) is 12.4 Å². The summed E-state index contributed by atoms with van der Waals surface area (Å²) in [6, 6.07) is 3.41. The molecule has 1 heterocycles. The van der Waals surface area contributed by atoms with Crippen molar-refractivity contribution in [1.82, 2.24) is 10.6 Å². The third kappa shape index (κ3) is 4.14. The predicted octanol–water partition coefficient (Wildman–Crippen LogP) is 2.12. The molecule has 2 N–H and O–H groups in total. The molecule has 6 heteroatoms. The van der Waals surface area contributed by atoms with E-state index < -0.39 is 23.1 Å². The zero-order valence-electron chi connectivity index (χ0n) is 10.4. The van der Waals surface area contributed by atoms with Crippen molar-refractivity contribution in [2.45, 2.75) is 12.8 Å². The van der Waals surface area contributed by atoms with Crippen molar-refractivity contribution in [1.29, 1.82) is 0 Å². The normalized spacial score (nSPS) is 17.9. The van der Waals surface area contributed by atoms with E-state index in [1.807, 2.05) is 0 Å². The molecule has 0 spiro atoms. The SMILES string of the molecule is Cl.O=C(NCCC1CCNC1)c1c(F)cccc1F. The number of benzene rings is 1. The lowest BCUT2D eigenvalue weighted by Gasteiger charge is -2.10. The van der Waals surface area contributed by atoms with Crippen LogP contribution < -0.4 is 10.6 Å². The first-order valence-corrected chi connectivity index (χ1v) is 6.11. The van der Waals surface area contributed by atoms with E-state index in [4.69, 9.17) is 0 Å². The van der Waals surface area contributed by atoms with Crippen LogP contribution in [0.15, 0.2) is 18.2 Å². The van der Waals surface area contributed by atoms with E-state index >= 15 is 0 Å². The van der Waals surface area contributed by atoms with Gasteiger partial charge < -0.3 is 10.6 Å². The molecule has 1 unspecified atom stereocenters. The fourth-order valence-corrected chi connectivity index (χ4v) is 2.15. The minimum atomic E-state index is -0.824. The lowest BCUT2D eigenvalue weighted by molar-refractivity contribution is 0.0943. The summed E-state index contributed by atoms with van der Waals surface area (Å²) in [7, 11) is 0. The first-order chi connectivity index (χ1) is 8.68. The third-order valence-corrected chi connectivity index (χ3v) is 3.19. The topological polar surface area (TPSA) is 41.1 Å². The standard InChI is InChI=1S/C13H16F2N2O.ClH/c14-10-2-1-3-11(15)12(10)13(18)17-7-5-9-4-6-16-8-9;/h1-3,9,16H,4-8H2,(H,17,18);1H. The molecule has 106 valence electrons. The second kappa shape index (κ2) is 7.40. The summed E-state index contributed by atoms with van der Waals surface area (Å²) in [6.07, 6.45) is 1.92. The molecule has 3 nitrogen and oxygen atoms in total. The van der Waals surface area contributed by atoms with Crippen molar-refractivity contribution in [3.05, 3.63) is 35.4 Å². The van der Waals surface area contributed by atoms with Gasteiger partial charge in [-0.2, -0.15) is 0 Å². The maximum absolute atomic E-state index is 13.3. The van der Waals surface area contributed by atoms with Crippen LogP contribution >= 0.6 is 12.4 Å². The summed E-state index contributed by atoms with van der Waals surface area (Å²) in [4.78, 5) is 11.7. The molecular weight excluding hydrogens is 274 g/mol. The number of rotatable bonds is 4. The van der Waals surface area contributed by atoms with Gasteiger partial charge in [-0.3, -0.25) is 4.79 Å². The molecule has 1 aliphatic heterocycles. The highest BCUT2D eigenvalue weighted by molar-refractivity contribution is 5.94. The van der Waals surface area contributed by atoms with Crippen LogP contribution in [0.4, 0.5) is 8.78 Å². The lowest BCUT2D eigenvalue weighted by atomic mass is 10.1. The minimum absolute atomic E-state index is 0. The highest BCUT2D eigenvalue weighted by Gasteiger charge is 2.18. The lowest BCUT2D eigenvalue weighted by Crippen LogP contribution is -2.28. The third-order valence-electron chi connectivity index (χ3n) is 3.19. The van der Waals surface area contributed by atoms with Crippen molar-refractivity contribution in [3.8, 4) is 0 Å². The summed E-state index contributed by atoms with van der Waals surface area (Å²) < 4.78 is 26.6. The number of hydrogen-bond donors (Lipinski definition) is 2. The number of carbonyl (C=O) groups excluding carboxylic acids is 1. The number of halogens is 3. The second-order valence-corrected chi connectivity index (χ2v) is 4.50. The average molecular weight is 291 g/mol. The summed E-state index contributed by atoms with van der Waals surface area (Å²) >= 11 is 0. The molecule has 0 saturated carbocycles. The van der Waals surface area contributed by atoms with Gasteiger partial charge in [-0.25, -0.2) is 8.78 Å². The van der Waals surface area contributed by atoms with E-state index in [2.05, 4.69) is 10.6 Å². The maximum atomic E-state index is 13.3. The van der Waals surface area contributed by atoms with Crippen LogP contribution in [0.2, 0.25) is 0 Å². The Balaban J connectivity index is 0.00000180. The summed E-state index contributed by atoms with van der Waals surface area (Å²) in [5, 5.41) is 5.79. The van der Waals surface area contributed by atoms with Gasteiger partial charge >= 0.3 is 0 Å². The Hall–Kier alpha value is -1.20. The minimum Gasteiger partial charge on any atom is -0.352 e. The van der Waals surface area contributed by atoms with Crippen LogP contribution in [0, 0.1) is 17.6 Å². The molecule has 0 aromatic heterocycles. The van der Waals surface area contributed by atoms with Crippen LogP contribution in [0.25, 0.3) is 0 Å². The van der Waals surface area contributed by atoms with Gasteiger partial charge in [0.25, 0.3) is 5.91 Å². The Morgan fingerprint density at radius 2 is 2.05 bits per heavy atom. The van der Waals surface area contributed by atoms with Crippen molar-refractivity contribution < 1.29 is 13.6 Å². The maximum Gasteiger partial charge on any atom is 0.257 e. The summed E-state index contributed by atoms with van der Waals surface area (Å²) in [5.41, 5.74) is -0.498. The number of amides is 1. The van der Waals surface area contributed by atoms with Crippen molar-refractivity contribution in [2.75, 3.05) is 19.6 Å². The molecular formula is C13H17ClF2N2O. The highest BCUT2D eigenvalue weighted by atomic mass is 35.5. The van der Waals surface area contributed by atoms with Gasteiger partial charge in [0.1, 0.15) is 17.2 Å². The van der Waals surface area contributed by atoms with E-state index in [0.717, 1.165) is 38.1 Å². The largest absolute Gasteiger partial charge is 0.352 e. The average Bonchev–Trinajstić information content (AvgIpc) is 2.82. The van der Waals surface area contributed by atoms with E-state index in [1.54, 1.807) is 0 Å². The van der Waals surface area contributed by atoms with E-state index in [1.165, 1.54) is 6.07 Å². The fraction of sp³-hybridized carbons (Fsp3) is 0.462. The van der Waals surface area contributed by atoms with E-state index in [-0.39, 0.29) is 12.4 Å². The highest BCUT2D eigenvalue weighted by Crippen LogP contribution is 2.13. The molecule has 19 heavy (non-hydrogen) atoms. The van der Waals surface area contributed by atoms with E-state index in [0.29, 0.717) is 12.5 Å². The van der Waals surface area contributed by atoms with Crippen LogP contribution in [0.5, 0.6) is 0 Å². The van der Waals surface area contributed by atoms with Crippen LogP contribution in [0.1, 0.15) is 23.2 Å². The molecule has 0 radical (unpaired) electrons. The zero-order chi connectivity index (χ0) is 13.0. The smallest absolute Gasteiger partial charge is 0.257 e. The van der Waals surface area contributed by atoms with Gasteiger partial charge in [-0.05, 0) is 44.0 Å². The molecule has 1 amide bonds. The summed E-state index contributed by atoms with van der Waals surface area (Å²) in [6.45, 7) is 2.39. The fourth-order valence-electron chi connectivity index (χ4n) is 2.15. The Labute approximate surface area is 117 Å². The van der Waals surface area contributed by atoms with Gasteiger partial charge in [0, 0.05) is 6.54 Å². The Morgan fingerprint density at radius 3 is 2.63 bits per heavy atom. The first kappa shape index (κ1) is 15.9. The Bertz CT molecular complexity index is 416. The predicted molar refractivity (Wildman–Crippen MR) is 71.5 cm³/mol. The van der Waals surface area contributed by atoms with Gasteiger partial charge in [0.05, 0.1) is 0 Å². The molecule has 1 saturated heterocycles. The van der Waals surface area contributed by atoms with Crippen molar-refractivity contribution >= 4 is 18.3 Å². The summed E-state index contributed by atoms with van der Waals surface area (Å²) in [5.74, 6) is -1.79. The monoisotopic (exact) mass is 290 g/mol. The molecule has 1 fully saturated rings. The Morgan fingerprint density at radius 1 is 1.37 bits per heavy atom. The number of nitrogens with one attached hydrogen (secondary N) is 2. The molecule has 1 atom stereocenters. The Kier molecular flexibility index (Phi) is 6.18. The molecule has 1 aromatic rings. The number of hydrogen-bond acceptors (Lipinski definition) is 2. The van der Waals surface area contributed by atoms with Gasteiger partial charge in [0.15, 0.2) is 0 Å². The van der Waals surface area contributed by atoms with Crippen LogP contribution in [0.3, 0.4) is 0 Å². The van der Waals surface area contributed by atoms with Crippen molar-refractivity contribution in [3.63, 3.8) is 0 Å². The zero-order valence-corrected chi connectivity index (χ0v) is 11.2. The quantitative estimate of drug-likeness (QED) is 0.892. The van der Waals surface area contributed by atoms with Crippen LogP contribution in [-0.2, 0) is 0 Å². The van der Waals surface area contributed by atoms with E-state index in [9.17, 15) is 13.6 Å². The molecule has 2 rings (SSSR count). The number of carbonyl (C=O) groups is 1. The molecule has 0 aliphatic carbocycles.